The van der Waals surface area contributed by atoms with E-state index in [1.54, 1.807) is 19.0 Å². The van der Waals surface area contributed by atoms with Gasteiger partial charge in [-0.3, -0.25) is 14.4 Å². The molecule has 4 atom stereocenters. The van der Waals surface area contributed by atoms with Crippen LogP contribution in [0.25, 0.3) is 0 Å². The van der Waals surface area contributed by atoms with Gasteiger partial charge in [-0.05, 0) is 0 Å². The van der Waals surface area contributed by atoms with E-state index in [1.807, 2.05) is 0 Å². The van der Waals surface area contributed by atoms with Crippen LogP contribution in [0.2, 0.25) is 0 Å². The summed E-state index contributed by atoms with van der Waals surface area (Å²) in [6.07, 6.45) is -4.07. The maximum absolute atomic E-state index is 15.1. The number of halogens is 2. The molecule has 0 unspecified atom stereocenters. The van der Waals surface area contributed by atoms with E-state index in [9.17, 15) is 14.4 Å². The number of imidazole rings is 1. The quantitative estimate of drug-likeness (QED) is 0.214. The lowest BCUT2D eigenvalue weighted by molar-refractivity contribution is -0.156. The first-order valence-electron chi connectivity index (χ1n) is 8.63. The van der Waals surface area contributed by atoms with E-state index in [0.29, 0.717) is 0 Å². The van der Waals surface area contributed by atoms with Crippen LogP contribution in [0.15, 0.2) is 4.99 Å². The number of hydrogen-bond donors (Lipinski definition) is 1. The standard InChI is InChI=1S/C17H22ClFN4O6/c1-8(24)27-6-11-14(28-9(2)25)12(19)15(29-11)17-21-13(10(26)5-18)16(22-17)20-7-23(3)4/h7,11-12,14-15H,5-6H2,1-4H3,(H,21,22)/t11-,12-,14-,15-/m1/s1. The van der Waals surface area contributed by atoms with Crippen LogP contribution < -0.4 is 0 Å². The molecular formula is C17H22ClFN4O6. The lowest BCUT2D eigenvalue weighted by Crippen LogP contribution is -2.36. The molecule has 1 aromatic rings. The number of carbonyl (C=O) groups is 3. The molecule has 12 heteroatoms. The van der Waals surface area contributed by atoms with Crippen molar-refractivity contribution in [2.24, 2.45) is 4.99 Å². The van der Waals surface area contributed by atoms with Gasteiger partial charge in [0.25, 0.3) is 0 Å². The molecule has 1 N–H and O–H groups in total. The first-order valence-corrected chi connectivity index (χ1v) is 9.17. The zero-order chi connectivity index (χ0) is 21.7. The minimum Gasteiger partial charge on any atom is -0.463 e. The molecule has 1 aliphatic heterocycles. The van der Waals surface area contributed by atoms with Crippen molar-refractivity contribution >= 4 is 41.5 Å². The summed E-state index contributed by atoms with van der Waals surface area (Å²) in [5.41, 5.74) is -0.00336. The highest BCUT2D eigenvalue weighted by Crippen LogP contribution is 2.37. The van der Waals surface area contributed by atoms with Crippen LogP contribution in [0.4, 0.5) is 10.2 Å². The maximum atomic E-state index is 15.1. The van der Waals surface area contributed by atoms with E-state index in [2.05, 4.69) is 15.0 Å². The molecule has 160 valence electrons. The SMILES string of the molecule is CC(=O)OC[C@H]1O[C@@H](c2nc(N=CN(C)C)c(C(=O)CCl)[nH]2)[C@H](F)[C@@H]1OC(C)=O. The summed E-state index contributed by atoms with van der Waals surface area (Å²) in [5, 5.41) is 0. The van der Waals surface area contributed by atoms with Gasteiger partial charge in [-0.2, -0.15) is 0 Å². The van der Waals surface area contributed by atoms with Gasteiger partial charge in [0.05, 0.1) is 12.2 Å². The number of carbonyl (C=O) groups excluding carboxylic acids is 3. The predicted molar refractivity (Wildman–Crippen MR) is 100 cm³/mol. The Hall–Kier alpha value is -2.53. The number of rotatable bonds is 8. The van der Waals surface area contributed by atoms with E-state index >= 15 is 4.39 Å². The number of alkyl halides is 2. The molecule has 0 radical (unpaired) electrons. The van der Waals surface area contributed by atoms with Crippen molar-refractivity contribution in [2.75, 3.05) is 26.6 Å². The highest BCUT2D eigenvalue weighted by molar-refractivity contribution is 6.30. The van der Waals surface area contributed by atoms with E-state index in [1.165, 1.54) is 13.3 Å². The molecule has 1 aliphatic rings. The minimum absolute atomic E-state index is 0.00336. The van der Waals surface area contributed by atoms with Crippen molar-refractivity contribution in [3.63, 3.8) is 0 Å². The number of H-pyrrole nitrogens is 1. The van der Waals surface area contributed by atoms with Crippen LogP contribution in [0.3, 0.4) is 0 Å². The molecule has 29 heavy (non-hydrogen) atoms. The molecule has 1 aromatic heterocycles. The molecule has 2 rings (SSSR count). The summed E-state index contributed by atoms with van der Waals surface area (Å²) >= 11 is 5.62. The molecule has 0 aliphatic carbocycles. The maximum Gasteiger partial charge on any atom is 0.303 e. The Morgan fingerprint density at radius 3 is 2.59 bits per heavy atom. The van der Waals surface area contributed by atoms with Gasteiger partial charge in [-0.1, -0.05) is 0 Å². The molecular weight excluding hydrogens is 411 g/mol. The first kappa shape index (κ1) is 22.8. The number of ketones is 1. The second-order valence-electron chi connectivity index (χ2n) is 6.50. The van der Waals surface area contributed by atoms with E-state index in [0.717, 1.165) is 6.92 Å². The lowest BCUT2D eigenvalue weighted by atomic mass is 10.1. The van der Waals surface area contributed by atoms with Crippen LogP contribution in [0.1, 0.15) is 36.3 Å². The van der Waals surface area contributed by atoms with Gasteiger partial charge < -0.3 is 24.1 Å². The third kappa shape index (κ3) is 5.73. The Balaban J connectivity index is 2.35. The highest BCUT2D eigenvalue weighted by Gasteiger charge is 2.50. The second kappa shape index (κ2) is 9.79. The normalized spacial score (nSPS) is 23.9. The molecule has 0 bridgehead atoms. The van der Waals surface area contributed by atoms with Gasteiger partial charge in [0, 0.05) is 27.9 Å². The van der Waals surface area contributed by atoms with Crippen molar-refractivity contribution in [3.8, 4) is 0 Å². The van der Waals surface area contributed by atoms with Gasteiger partial charge in [-0.25, -0.2) is 14.4 Å². The van der Waals surface area contributed by atoms with Crippen LogP contribution in [0, 0.1) is 0 Å². The van der Waals surface area contributed by atoms with Gasteiger partial charge in [0.15, 0.2) is 30.0 Å². The Bertz CT molecular complexity index is 799. The van der Waals surface area contributed by atoms with Gasteiger partial charge in [0.1, 0.15) is 24.2 Å². The summed E-state index contributed by atoms with van der Waals surface area (Å²) in [5.74, 6) is -2.15. The lowest BCUT2D eigenvalue weighted by Gasteiger charge is -2.18. The van der Waals surface area contributed by atoms with Crippen LogP contribution in [0.5, 0.6) is 0 Å². The van der Waals surface area contributed by atoms with Crippen molar-refractivity contribution in [1.82, 2.24) is 14.9 Å². The minimum atomic E-state index is -1.82. The number of aliphatic imine (C=N–C) groups is 1. The fraction of sp³-hybridized carbons (Fsp3) is 0.588. The number of aromatic nitrogens is 2. The largest absolute Gasteiger partial charge is 0.463 e. The third-order valence-electron chi connectivity index (χ3n) is 3.83. The van der Waals surface area contributed by atoms with Gasteiger partial charge in [0.2, 0.25) is 0 Å². The fourth-order valence-corrected chi connectivity index (χ4v) is 2.77. The number of nitrogens with zero attached hydrogens (tertiary/aromatic N) is 3. The number of ether oxygens (including phenoxy) is 3. The predicted octanol–water partition coefficient (Wildman–Crippen LogP) is 1.33. The average molecular weight is 433 g/mol. The average Bonchev–Trinajstić information content (AvgIpc) is 3.19. The molecule has 1 saturated heterocycles. The molecule has 0 spiro atoms. The number of nitrogens with one attached hydrogen (secondary N) is 1. The topological polar surface area (TPSA) is 123 Å². The summed E-state index contributed by atoms with van der Waals surface area (Å²) < 4.78 is 30.5. The molecule has 10 nitrogen and oxygen atoms in total. The number of Topliss-reactive ketones (excluding diaryl/α,β-unsaturated/α-hetero) is 1. The number of esters is 2. The van der Waals surface area contributed by atoms with Crippen LogP contribution in [-0.4, -0.2) is 83.9 Å². The van der Waals surface area contributed by atoms with E-state index < -0.39 is 42.2 Å². The Kier molecular flexibility index (Phi) is 7.68. The molecule has 0 saturated carbocycles. The van der Waals surface area contributed by atoms with Crippen molar-refractivity contribution in [2.45, 2.75) is 38.3 Å². The summed E-state index contributed by atoms with van der Waals surface area (Å²) in [7, 11) is 3.45. The first-order chi connectivity index (χ1) is 13.6. The van der Waals surface area contributed by atoms with Crippen molar-refractivity contribution < 1.29 is 33.0 Å². The van der Waals surface area contributed by atoms with Crippen LogP contribution in [-0.2, 0) is 23.8 Å². The fourth-order valence-electron chi connectivity index (χ4n) is 2.64. The van der Waals surface area contributed by atoms with E-state index in [-0.39, 0.29) is 29.8 Å². The van der Waals surface area contributed by atoms with Gasteiger partial charge in [-0.15, -0.1) is 11.6 Å². The van der Waals surface area contributed by atoms with Crippen molar-refractivity contribution in [1.29, 1.82) is 0 Å². The Morgan fingerprint density at radius 2 is 2.03 bits per heavy atom. The summed E-state index contributed by atoms with van der Waals surface area (Å²) in [4.78, 5) is 47.1. The second-order valence-corrected chi connectivity index (χ2v) is 6.77. The molecule has 1 fully saturated rings. The summed E-state index contributed by atoms with van der Waals surface area (Å²) in [6.45, 7) is 2.00. The Morgan fingerprint density at radius 1 is 1.34 bits per heavy atom. The smallest absolute Gasteiger partial charge is 0.303 e. The zero-order valence-corrected chi connectivity index (χ0v) is 17.1. The third-order valence-corrected chi connectivity index (χ3v) is 4.07. The molecule has 2 heterocycles. The molecule has 0 aromatic carbocycles. The van der Waals surface area contributed by atoms with Gasteiger partial charge >= 0.3 is 11.9 Å². The van der Waals surface area contributed by atoms with Crippen molar-refractivity contribution in [3.05, 3.63) is 11.5 Å². The summed E-state index contributed by atoms with van der Waals surface area (Å²) in [6, 6.07) is 0. The van der Waals surface area contributed by atoms with Crippen LogP contribution >= 0.6 is 11.6 Å². The monoisotopic (exact) mass is 432 g/mol. The Labute approximate surface area is 171 Å². The highest BCUT2D eigenvalue weighted by atomic mass is 35.5. The number of hydrogen-bond acceptors (Lipinski definition) is 8. The molecule has 0 amide bonds. The van der Waals surface area contributed by atoms with E-state index in [4.69, 9.17) is 25.8 Å². The zero-order valence-electron chi connectivity index (χ0n) is 16.3. The number of aromatic amines is 1.